The summed E-state index contributed by atoms with van der Waals surface area (Å²) in [7, 11) is 0. The minimum absolute atomic E-state index is 0.292. The molecule has 1 aliphatic heterocycles. The monoisotopic (exact) mass is 338 g/mol. The summed E-state index contributed by atoms with van der Waals surface area (Å²) in [5.41, 5.74) is 1.22. The van der Waals surface area contributed by atoms with E-state index in [-0.39, 0.29) is 0 Å². The Labute approximate surface area is 129 Å². The molecule has 1 unspecified atom stereocenters. The van der Waals surface area contributed by atoms with Crippen LogP contribution in [0.1, 0.15) is 31.7 Å². The van der Waals surface area contributed by atoms with E-state index in [0.717, 1.165) is 43.4 Å². The third-order valence-corrected chi connectivity index (χ3v) is 4.27. The fourth-order valence-corrected chi connectivity index (χ4v) is 3.19. The van der Waals surface area contributed by atoms with Gasteiger partial charge in [-0.25, -0.2) is 0 Å². The van der Waals surface area contributed by atoms with E-state index >= 15 is 0 Å². The van der Waals surface area contributed by atoms with Crippen molar-refractivity contribution in [2.45, 2.75) is 38.6 Å². The number of halogens is 1. The van der Waals surface area contributed by atoms with E-state index in [1.54, 1.807) is 0 Å². The summed E-state index contributed by atoms with van der Waals surface area (Å²) in [6, 6.07) is 8.60. The van der Waals surface area contributed by atoms with Crippen molar-refractivity contribution in [3.05, 3.63) is 34.3 Å². The van der Waals surface area contributed by atoms with Crippen molar-refractivity contribution in [1.82, 2.24) is 10.2 Å². The van der Waals surface area contributed by atoms with E-state index in [4.69, 9.17) is 0 Å². The predicted octanol–water partition coefficient (Wildman–Crippen LogP) is 2.98. The molecule has 1 aliphatic rings. The smallest absolute Gasteiger partial charge is 0.223 e. The van der Waals surface area contributed by atoms with Crippen LogP contribution in [0.25, 0.3) is 0 Å². The molecule has 1 aromatic carbocycles. The fraction of sp³-hybridized carbons (Fsp3) is 0.562. The van der Waals surface area contributed by atoms with Crippen molar-refractivity contribution < 1.29 is 4.79 Å². The van der Waals surface area contributed by atoms with E-state index < -0.39 is 0 Å². The zero-order valence-corrected chi connectivity index (χ0v) is 13.7. The van der Waals surface area contributed by atoms with Gasteiger partial charge in [-0.05, 0) is 43.5 Å². The molecule has 1 N–H and O–H groups in total. The molecule has 20 heavy (non-hydrogen) atoms. The maximum Gasteiger partial charge on any atom is 0.223 e. The highest BCUT2D eigenvalue weighted by Crippen LogP contribution is 2.15. The van der Waals surface area contributed by atoms with Crippen LogP contribution in [0, 0.1) is 0 Å². The Hall–Kier alpha value is -0.870. The Balaban J connectivity index is 1.91. The van der Waals surface area contributed by atoms with Crippen molar-refractivity contribution in [3.8, 4) is 0 Å². The van der Waals surface area contributed by atoms with E-state index in [2.05, 4.69) is 45.2 Å². The summed E-state index contributed by atoms with van der Waals surface area (Å²) in [6.45, 7) is 4.99. The van der Waals surface area contributed by atoms with Crippen LogP contribution < -0.4 is 5.32 Å². The molecule has 1 fully saturated rings. The molecule has 1 amide bonds. The number of aryl methyl sites for hydroxylation is 1. The summed E-state index contributed by atoms with van der Waals surface area (Å²) in [5.74, 6) is 0.292. The molecule has 2 rings (SSSR count). The molecule has 110 valence electrons. The molecule has 1 aromatic rings. The second-order valence-corrected chi connectivity index (χ2v) is 6.28. The van der Waals surface area contributed by atoms with E-state index in [1.807, 2.05) is 12.1 Å². The molecular formula is C16H23BrN2O. The molecule has 3 nitrogen and oxygen atoms in total. The van der Waals surface area contributed by atoms with E-state index in [1.165, 1.54) is 5.56 Å². The van der Waals surface area contributed by atoms with Crippen LogP contribution >= 0.6 is 15.9 Å². The molecule has 1 saturated heterocycles. The molecule has 0 bridgehead atoms. The number of hydrogen-bond donors (Lipinski definition) is 1. The topological polar surface area (TPSA) is 32.3 Å². The van der Waals surface area contributed by atoms with Gasteiger partial charge in [0.25, 0.3) is 0 Å². The molecule has 1 heterocycles. The van der Waals surface area contributed by atoms with Gasteiger partial charge in [0.2, 0.25) is 5.91 Å². The summed E-state index contributed by atoms with van der Waals surface area (Å²) in [5, 5.41) is 3.35. The molecule has 0 aromatic heterocycles. The lowest BCUT2D eigenvalue weighted by Crippen LogP contribution is -2.42. The van der Waals surface area contributed by atoms with Crippen LogP contribution in [0.15, 0.2) is 28.7 Å². The molecule has 0 saturated carbocycles. The molecule has 1 atom stereocenters. The molecule has 4 heteroatoms. The zero-order valence-electron chi connectivity index (χ0n) is 12.1. The number of hydrogen-bond acceptors (Lipinski definition) is 2. The Kier molecular flexibility index (Phi) is 6.05. The van der Waals surface area contributed by atoms with E-state index in [9.17, 15) is 4.79 Å². The first-order valence-corrected chi connectivity index (χ1v) is 8.24. The number of nitrogens with one attached hydrogen (secondary N) is 1. The maximum atomic E-state index is 12.5. The summed E-state index contributed by atoms with van der Waals surface area (Å²) < 4.78 is 1.08. The molecule has 0 spiro atoms. The van der Waals surface area contributed by atoms with Gasteiger partial charge in [-0.15, -0.1) is 0 Å². The third-order valence-electron chi connectivity index (χ3n) is 3.78. The number of nitrogens with zero attached hydrogens (tertiary/aromatic N) is 1. The number of benzene rings is 1. The van der Waals surface area contributed by atoms with Crippen molar-refractivity contribution in [1.29, 1.82) is 0 Å². The lowest BCUT2D eigenvalue weighted by molar-refractivity contribution is -0.133. The van der Waals surface area contributed by atoms with Gasteiger partial charge in [-0.3, -0.25) is 4.79 Å². The van der Waals surface area contributed by atoms with Gasteiger partial charge in [0.05, 0.1) is 0 Å². The third kappa shape index (κ3) is 4.32. The van der Waals surface area contributed by atoms with E-state index in [0.29, 0.717) is 18.4 Å². The Morgan fingerprint density at radius 1 is 1.50 bits per heavy atom. The van der Waals surface area contributed by atoms with Crippen LogP contribution in [-0.2, 0) is 11.2 Å². The lowest BCUT2D eigenvalue weighted by atomic mass is 10.1. The van der Waals surface area contributed by atoms with Gasteiger partial charge in [0.15, 0.2) is 0 Å². The molecule has 0 radical (unpaired) electrons. The van der Waals surface area contributed by atoms with Gasteiger partial charge >= 0.3 is 0 Å². The summed E-state index contributed by atoms with van der Waals surface area (Å²) >= 11 is 3.47. The fourth-order valence-electron chi connectivity index (χ4n) is 2.74. The van der Waals surface area contributed by atoms with Gasteiger partial charge in [-0.1, -0.05) is 35.0 Å². The summed E-state index contributed by atoms with van der Waals surface area (Å²) in [4.78, 5) is 14.5. The van der Waals surface area contributed by atoms with Gasteiger partial charge in [0, 0.05) is 30.0 Å². The Morgan fingerprint density at radius 3 is 3.00 bits per heavy atom. The van der Waals surface area contributed by atoms with Crippen molar-refractivity contribution in [2.75, 3.05) is 19.6 Å². The molecule has 0 aliphatic carbocycles. The Morgan fingerprint density at radius 2 is 2.35 bits per heavy atom. The summed E-state index contributed by atoms with van der Waals surface area (Å²) in [6.07, 6.45) is 3.54. The number of rotatable bonds is 6. The van der Waals surface area contributed by atoms with Gasteiger partial charge < -0.3 is 10.2 Å². The first-order chi connectivity index (χ1) is 9.70. The first kappa shape index (κ1) is 15.5. The number of carbonyl (C=O) groups is 1. The largest absolute Gasteiger partial charge is 0.338 e. The molecular weight excluding hydrogens is 316 g/mol. The normalized spacial score (nSPS) is 18.2. The zero-order chi connectivity index (χ0) is 14.4. The van der Waals surface area contributed by atoms with Crippen LogP contribution in [0.4, 0.5) is 0 Å². The average molecular weight is 339 g/mol. The SMILES string of the molecule is CCCN(C(=O)CCc1cccc(Br)c1)C1CCNC1. The van der Waals surface area contributed by atoms with Crippen molar-refractivity contribution in [2.24, 2.45) is 0 Å². The highest BCUT2D eigenvalue weighted by Gasteiger charge is 2.25. The van der Waals surface area contributed by atoms with Crippen LogP contribution in [0.2, 0.25) is 0 Å². The standard InChI is InChI=1S/C16H23BrN2O/c1-2-10-19(15-8-9-18-12-15)16(20)7-6-13-4-3-5-14(17)11-13/h3-5,11,15,18H,2,6-10,12H2,1H3. The van der Waals surface area contributed by atoms with Crippen molar-refractivity contribution >= 4 is 21.8 Å². The Bertz CT molecular complexity index is 444. The minimum Gasteiger partial charge on any atom is -0.338 e. The van der Waals surface area contributed by atoms with Crippen LogP contribution in [0.5, 0.6) is 0 Å². The second kappa shape index (κ2) is 7.79. The van der Waals surface area contributed by atoms with Crippen molar-refractivity contribution in [3.63, 3.8) is 0 Å². The lowest BCUT2D eigenvalue weighted by Gasteiger charge is -2.28. The first-order valence-electron chi connectivity index (χ1n) is 7.45. The van der Waals surface area contributed by atoms with Crippen LogP contribution in [0.3, 0.4) is 0 Å². The van der Waals surface area contributed by atoms with Gasteiger partial charge in [0.1, 0.15) is 0 Å². The predicted molar refractivity (Wildman–Crippen MR) is 85.7 cm³/mol. The minimum atomic E-state index is 0.292. The highest BCUT2D eigenvalue weighted by atomic mass is 79.9. The van der Waals surface area contributed by atoms with Gasteiger partial charge in [-0.2, -0.15) is 0 Å². The second-order valence-electron chi connectivity index (χ2n) is 5.36. The highest BCUT2D eigenvalue weighted by molar-refractivity contribution is 9.10. The number of carbonyl (C=O) groups excluding carboxylic acids is 1. The number of amides is 1. The quantitative estimate of drug-likeness (QED) is 0.864. The maximum absolute atomic E-state index is 12.5. The van der Waals surface area contributed by atoms with Crippen LogP contribution in [-0.4, -0.2) is 36.5 Å². The average Bonchev–Trinajstić information content (AvgIpc) is 2.96.